The Bertz CT molecular complexity index is 522. The molecule has 1 aromatic carbocycles. The van der Waals surface area contributed by atoms with Crippen molar-refractivity contribution in [3.05, 3.63) is 52.3 Å². The standard InChI is InChI=1S/C13H15ClN2O/c1-3-16-12(8-9(2)15-16)13(17)10-6-4-5-7-11(10)14/h4-8,13,17H,3H2,1-2H3. The number of hydrogen-bond donors (Lipinski definition) is 1. The third-order valence-electron chi connectivity index (χ3n) is 2.71. The Hall–Kier alpha value is -1.32. The average Bonchev–Trinajstić information content (AvgIpc) is 2.70. The van der Waals surface area contributed by atoms with Gasteiger partial charge in [0.05, 0.1) is 11.4 Å². The van der Waals surface area contributed by atoms with E-state index in [1.165, 1.54) is 0 Å². The van der Waals surface area contributed by atoms with Crippen LogP contribution in [0.2, 0.25) is 5.02 Å². The summed E-state index contributed by atoms with van der Waals surface area (Å²) in [5, 5.41) is 15.2. The highest BCUT2D eigenvalue weighted by Crippen LogP contribution is 2.28. The molecule has 1 unspecified atom stereocenters. The maximum Gasteiger partial charge on any atom is 0.122 e. The molecule has 0 fully saturated rings. The van der Waals surface area contributed by atoms with Gasteiger partial charge in [0.25, 0.3) is 0 Å². The Morgan fingerprint density at radius 3 is 2.76 bits per heavy atom. The van der Waals surface area contributed by atoms with Crippen molar-refractivity contribution in [1.82, 2.24) is 9.78 Å². The van der Waals surface area contributed by atoms with Gasteiger partial charge >= 0.3 is 0 Å². The Kier molecular flexibility index (Phi) is 3.50. The van der Waals surface area contributed by atoms with Gasteiger partial charge in [0.1, 0.15) is 6.10 Å². The van der Waals surface area contributed by atoms with Crippen LogP contribution in [0.25, 0.3) is 0 Å². The van der Waals surface area contributed by atoms with Crippen LogP contribution < -0.4 is 0 Å². The van der Waals surface area contributed by atoms with E-state index in [-0.39, 0.29) is 0 Å². The van der Waals surface area contributed by atoms with E-state index < -0.39 is 6.10 Å². The molecule has 90 valence electrons. The first-order chi connectivity index (χ1) is 8.13. The first kappa shape index (κ1) is 12.1. The normalized spacial score (nSPS) is 12.7. The molecule has 0 aliphatic carbocycles. The summed E-state index contributed by atoms with van der Waals surface area (Å²) < 4.78 is 1.79. The Morgan fingerprint density at radius 2 is 2.12 bits per heavy atom. The second-order valence-corrected chi connectivity index (χ2v) is 4.36. The third-order valence-corrected chi connectivity index (χ3v) is 3.06. The van der Waals surface area contributed by atoms with Crippen LogP contribution >= 0.6 is 11.6 Å². The highest BCUT2D eigenvalue weighted by atomic mass is 35.5. The van der Waals surface area contributed by atoms with Crippen molar-refractivity contribution in [3.8, 4) is 0 Å². The quantitative estimate of drug-likeness (QED) is 0.910. The molecule has 1 atom stereocenters. The molecular weight excluding hydrogens is 236 g/mol. The van der Waals surface area contributed by atoms with Crippen LogP contribution in [-0.2, 0) is 6.54 Å². The molecular formula is C13H15ClN2O. The van der Waals surface area contributed by atoms with Gasteiger partial charge in [-0.25, -0.2) is 0 Å². The van der Waals surface area contributed by atoms with E-state index >= 15 is 0 Å². The lowest BCUT2D eigenvalue weighted by Crippen LogP contribution is -2.09. The van der Waals surface area contributed by atoms with Gasteiger partial charge in [-0.05, 0) is 26.0 Å². The SMILES string of the molecule is CCn1nc(C)cc1C(O)c1ccccc1Cl. The first-order valence-corrected chi connectivity index (χ1v) is 5.98. The minimum absolute atomic E-state index is 0.571. The van der Waals surface area contributed by atoms with E-state index in [0.717, 1.165) is 17.9 Å². The van der Waals surface area contributed by atoms with Crippen LogP contribution in [0.15, 0.2) is 30.3 Å². The molecule has 0 radical (unpaired) electrons. The van der Waals surface area contributed by atoms with Crippen LogP contribution in [0.3, 0.4) is 0 Å². The van der Waals surface area contributed by atoms with Crippen molar-refractivity contribution < 1.29 is 5.11 Å². The fourth-order valence-corrected chi connectivity index (χ4v) is 2.13. The molecule has 4 heteroatoms. The number of aliphatic hydroxyl groups excluding tert-OH is 1. The van der Waals surface area contributed by atoms with Crippen LogP contribution in [0.5, 0.6) is 0 Å². The molecule has 0 amide bonds. The molecule has 1 N–H and O–H groups in total. The summed E-state index contributed by atoms with van der Waals surface area (Å²) >= 11 is 6.08. The summed E-state index contributed by atoms with van der Waals surface area (Å²) in [4.78, 5) is 0. The summed E-state index contributed by atoms with van der Waals surface area (Å²) in [7, 11) is 0. The summed E-state index contributed by atoms with van der Waals surface area (Å²) in [6, 6.07) is 9.21. The van der Waals surface area contributed by atoms with Crippen molar-refractivity contribution in [2.24, 2.45) is 0 Å². The van der Waals surface area contributed by atoms with Crippen molar-refractivity contribution in [2.75, 3.05) is 0 Å². The molecule has 2 aromatic rings. The van der Waals surface area contributed by atoms with Gasteiger partial charge in [0.2, 0.25) is 0 Å². The zero-order chi connectivity index (χ0) is 12.4. The van der Waals surface area contributed by atoms with Gasteiger partial charge in [0, 0.05) is 17.1 Å². The predicted octanol–water partition coefficient (Wildman–Crippen LogP) is 2.95. The summed E-state index contributed by atoms with van der Waals surface area (Å²) in [6.07, 6.45) is -0.732. The fourth-order valence-electron chi connectivity index (χ4n) is 1.90. The van der Waals surface area contributed by atoms with E-state index in [1.54, 1.807) is 10.7 Å². The number of hydrogen-bond acceptors (Lipinski definition) is 2. The molecule has 0 aliphatic rings. The van der Waals surface area contributed by atoms with Crippen LogP contribution in [0, 0.1) is 6.92 Å². The Morgan fingerprint density at radius 1 is 1.41 bits per heavy atom. The van der Waals surface area contributed by atoms with Gasteiger partial charge in [-0.1, -0.05) is 29.8 Å². The lowest BCUT2D eigenvalue weighted by Gasteiger charge is -2.13. The average molecular weight is 251 g/mol. The number of benzene rings is 1. The van der Waals surface area contributed by atoms with Crippen molar-refractivity contribution in [3.63, 3.8) is 0 Å². The number of aryl methyl sites for hydroxylation is 2. The minimum atomic E-state index is -0.732. The fraction of sp³-hybridized carbons (Fsp3) is 0.308. The number of aliphatic hydroxyl groups is 1. The van der Waals surface area contributed by atoms with E-state index in [0.29, 0.717) is 10.6 Å². The molecule has 2 rings (SSSR count). The molecule has 0 spiro atoms. The van der Waals surface area contributed by atoms with E-state index in [1.807, 2.05) is 38.1 Å². The van der Waals surface area contributed by atoms with E-state index in [2.05, 4.69) is 5.10 Å². The molecule has 17 heavy (non-hydrogen) atoms. The van der Waals surface area contributed by atoms with Crippen molar-refractivity contribution in [1.29, 1.82) is 0 Å². The first-order valence-electron chi connectivity index (χ1n) is 5.60. The molecule has 0 bridgehead atoms. The minimum Gasteiger partial charge on any atom is -0.382 e. The summed E-state index contributed by atoms with van der Waals surface area (Å²) in [5.41, 5.74) is 2.38. The molecule has 1 heterocycles. The lowest BCUT2D eigenvalue weighted by atomic mass is 10.1. The number of halogens is 1. The predicted molar refractivity (Wildman–Crippen MR) is 68.2 cm³/mol. The molecule has 0 saturated heterocycles. The van der Waals surface area contributed by atoms with Crippen molar-refractivity contribution in [2.45, 2.75) is 26.5 Å². The topological polar surface area (TPSA) is 38.0 Å². The largest absolute Gasteiger partial charge is 0.382 e. The number of rotatable bonds is 3. The van der Waals surface area contributed by atoms with Crippen molar-refractivity contribution >= 4 is 11.6 Å². The molecule has 0 aliphatic heterocycles. The lowest BCUT2D eigenvalue weighted by molar-refractivity contribution is 0.208. The summed E-state index contributed by atoms with van der Waals surface area (Å²) in [6.45, 7) is 4.63. The van der Waals surface area contributed by atoms with Gasteiger partial charge < -0.3 is 5.11 Å². The zero-order valence-corrected chi connectivity index (χ0v) is 10.6. The number of aromatic nitrogens is 2. The van der Waals surface area contributed by atoms with Crippen LogP contribution in [0.4, 0.5) is 0 Å². The second-order valence-electron chi connectivity index (χ2n) is 3.95. The molecule has 3 nitrogen and oxygen atoms in total. The maximum absolute atomic E-state index is 10.4. The Labute approximate surface area is 106 Å². The monoisotopic (exact) mass is 250 g/mol. The second kappa shape index (κ2) is 4.90. The highest BCUT2D eigenvalue weighted by Gasteiger charge is 2.18. The van der Waals surface area contributed by atoms with Crippen LogP contribution in [0.1, 0.15) is 30.0 Å². The van der Waals surface area contributed by atoms with Gasteiger partial charge in [-0.3, -0.25) is 4.68 Å². The molecule has 1 aromatic heterocycles. The molecule has 0 saturated carbocycles. The Balaban J connectivity index is 2.43. The smallest absolute Gasteiger partial charge is 0.122 e. The maximum atomic E-state index is 10.4. The van der Waals surface area contributed by atoms with E-state index in [4.69, 9.17) is 11.6 Å². The zero-order valence-electron chi connectivity index (χ0n) is 9.89. The van der Waals surface area contributed by atoms with Crippen LogP contribution in [-0.4, -0.2) is 14.9 Å². The van der Waals surface area contributed by atoms with Gasteiger partial charge in [-0.15, -0.1) is 0 Å². The van der Waals surface area contributed by atoms with Gasteiger partial charge in [-0.2, -0.15) is 5.10 Å². The number of nitrogens with zero attached hydrogens (tertiary/aromatic N) is 2. The third kappa shape index (κ3) is 2.35. The highest BCUT2D eigenvalue weighted by molar-refractivity contribution is 6.31. The summed E-state index contributed by atoms with van der Waals surface area (Å²) in [5.74, 6) is 0. The van der Waals surface area contributed by atoms with E-state index in [9.17, 15) is 5.11 Å². The van der Waals surface area contributed by atoms with Gasteiger partial charge in [0.15, 0.2) is 0 Å².